The number of rotatable bonds is 6. The van der Waals surface area contributed by atoms with Crippen LogP contribution in [0.2, 0.25) is 0 Å². The second-order valence-corrected chi connectivity index (χ2v) is 4.25. The van der Waals surface area contributed by atoms with Gasteiger partial charge in [-0.2, -0.15) is 0 Å². The number of ether oxygens (including phenoxy) is 1. The van der Waals surface area contributed by atoms with Crippen molar-refractivity contribution < 1.29 is 4.74 Å². The Morgan fingerprint density at radius 3 is 2.58 bits per heavy atom. The maximum Gasteiger partial charge on any atom is 0.189 e. The molecule has 1 aromatic rings. The van der Waals surface area contributed by atoms with Gasteiger partial charge in [0.2, 0.25) is 0 Å². The molecule has 0 saturated carbocycles. The molecule has 1 rings (SSSR count). The van der Waals surface area contributed by atoms with Gasteiger partial charge in [0.15, 0.2) is 5.96 Å². The molecule has 0 radical (unpaired) electrons. The first-order valence-corrected chi connectivity index (χ1v) is 5.95. The van der Waals surface area contributed by atoms with Gasteiger partial charge in [0.25, 0.3) is 0 Å². The van der Waals surface area contributed by atoms with Crippen LogP contribution < -0.4 is 15.8 Å². The first kappa shape index (κ1) is 17.8. The summed E-state index contributed by atoms with van der Waals surface area (Å²) in [4.78, 5) is 4.11. The van der Waals surface area contributed by atoms with Crippen molar-refractivity contribution in [1.82, 2.24) is 5.32 Å². The van der Waals surface area contributed by atoms with Crippen molar-refractivity contribution in [2.45, 2.75) is 13.8 Å². The van der Waals surface area contributed by atoms with Gasteiger partial charge >= 0.3 is 0 Å². The molecule has 5 heteroatoms. The summed E-state index contributed by atoms with van der Waals surface area (Å²) in [6.07, 6.45) is 0. The van der Waals surface area contributed by atoms with Gasteiger partial charge in [-0.15, -0.1) is 24.0 Å². The van der Waals surface area contributed by atoms with E-state index in [0.29, 0.717) is 25.7 Å². The van der Waals surface area contributed by atoms with E-state index >= 15 is 0 Å². The minimum Gasteiger partial charge on any atom is -0.492 e. The van der Waals surface area contributed by atoms with Crippen LogP contribution in [0.15, 0.2) is 41.4 Å². The number of guanidine groups is 1. The molecule has 0 aliphatic carbocycles. The van der Waals surface area contributed by atoms with E-state index < -0.39 is 0 Å². The Balaban J connectivity index is 0.00000324. The highest BCUT2D eigenvalue weighted by molar-refractivity contribution is 14.0. The van der Waals surface area contributed by atoms with Crippen LogP contribution in [0, 0.1) is 6.92 Å². The molecule has 0 heterocycles. The summed E-state index contributed by atoms with van der Waals surface area (Å²) >= 11 is 0. The van der Waals surface area contributed by atoms with Crippen LogP contribution in [0.3, 0.4) is 0 Å². The Labute approximate surface area is 132 Å². The van der Waals surface area contributed by atoms with Crippen molar-refractivity contribution in [3.8, 4) is 5.75 Å². The predicted molar refractivity (Wildman–Crippen MR) is 91.4 cm³/mol. The van der Waals surface area contributed by atoms with Crippen LogP contribution in [0.25, 0.3) is 0 Å². The molecule has 0 unspecified atom stereocenters. The summed E-state index contributed by atoms with van der Waals surface area (Å²) < 4.78 is 5.55. The second-order valence-electron chi connectivity index (χ2n) is 4.25. The first-order chi connectivity index (χ1) is 8.58. The fourth-order valence-corrected chi connectivity index (χ4v) is 1.26. The summed E-state index contributed by atoms with van der Waals surface area (Å²) in [6, 6.07) is 7.94. The van der Waals surface area contributed by atoms with Crippen molar-refractivity contribution in [1.29, 1.82) is 0 Å². The zero-order chi connectivity index (χ0) is 13.4. The SMILES string of the molecule is C=C(C)CN=C(N)NCCOc1ccc(C)cc1.I. The molecule has 0 saturated heterocycles. The predicted octanol–water partition coefficient (Wildman–Crippen LogP) is 2.47. The summed E-state index contributed by atoms with van der Waals surface area (Å²) in [5.74, 6) is 1.28. The Kier molecular flexibility index (Phi) is 9.03. The first-order valence-electron chi connectivity index (χ1n) is 5.95. The van der Waals surface area contributed by atoms with Crippen LogP contribution in [0.1, 0.15) is 12.5 Å². The summed E-state index contributed by atoms with van der Waals surface area (Å²) in [5, 5.41) is 2.98. The summed E-state index contributed by atoms with van der Waals surface area (Å²) in [7, 11) is 0. The smallest absolute Gasteiger partial charge is 0.189 e. The number of nitrogens with two attached hydrogens (primary N) is 1. The minimum absolute atomic E-state index is 0. The molecule has 106 valence electrons. The van der Waals surface area contributed by atoms with Crippen LogP contribution in [-0.4, -0.2) is 25.7 Å². The van der Waals surface area contributed by atoms with Crippen molar-refractivity contribution >= 4 is 29.9 Å². The lowest BCUT2D eigenvalue weighted by atomic mass is 10.2. The second kappa shape index (κ2) is 9.66. The fraction of sp³-hybridized carbons (Fsp3) is 0.357. The summed E-state index contributed by atoms with van der Waals surface area (Å²) in [6.45, 7) is 9.44. The number of benzene rings is 1. The Morgan fingerprint density at radius 2 is 2.00 bits per heavy atom. The molecular formula is C14H22IN3O. The van der Waals surface area contributed by atoms with Crippen molar-refractivity contribution in [2.75, 3.05) is 19.7 Å². The summed E-state index contributed by atoms with van der Waals surface area (Å²) in [5.41, 5.74) is 7.86. The van der Waals surface area contributed by atoms with Crippen molar-refractivity contribution in [3.63, 3.8) is 0 Å². The number of nitrogens with zero attached hydrogens (tertiary/aromatic N) is 1. The normalized spacial score (nSPS) is 10.5. The van der Waals surface area contributed by atoms with Crippen molar-refractivity contribution in [3.05, 3.63) is 42.0 Å². The molecule has 0 aliphatic heterocycles. The molecule has 0 spiro atoms. The number of aryl methyl sites for hydroxylation is 1. The third kappa shape index (κ3) is 8.47. The maximum atomic E-state index is 5.66. The highest BCUT2D eigenvalue weighted by Gasteiger charge is 1.94. The van der Waals surface area contributed by atoms with Gasteiger partial charge in [-0.3, -0.25) is 0 Å². The van der Waals surface area contributed by atoms with Crippen molar-refractivity contribution in [2.24, 2.45) is 10.7 Å². The van der Waals surface area contributed by atoms with E-state index in [1.54, 1.807) is 0 Å². The maximum absolute atomic E-state index is 5.66. The van der Waals surface area contributed by atoms with E-state index in [9.17, 15) is 0 Å². The molecule has 0 aliphatic rings. The molecular weight excluding hydrogens is 353 g/mol. The minimum atomic E-state index is 0. The number of nitrogens with one attached hydrogen (secondary N) is 1. The van der Waals surface area contributed by atoms with Gasteiger partial charge in [0.05, 0.1) is 13.1 Å². The third-order valence-corrected chi connectivity index (χ3v) is 2.22. The number of aliphatic imine (C=N–C) groups is 1. The van der Waals surface area contributed by atoms with E-state index in [-0.39, 0.29) is 24.0 Å². The Hall–Kier alpha value is -1.24. The highest BCUT2D eigenvalue weighted by Crippen LogP contribution is 2.10. The molecule has 4 nitrogen and oxygen atoms in total. The topological polar surface area (TPSA) is 59.6 Å². The van der Waals surface area contributed by atoms with Gasteiger partial charge < -0.3 is 15.8 Å². The quantitative estimate of drug-likeness (QED) is 0.264. The van der Waals surface area contributed by atoms with E-state index in [2.05, 4.69) is 16.9 Å². The van der Waals surface area contributed by atoms with Gasteiger partial charge in [-0.25, -0.2) is 4.99 Å². The lowest BCUT2D eigenvalue weighted by Crippen LogP contribution is -2.34. The van der Waals surface area contributed by atoms with Crippen LogP contribution in [-0.2, 0) is 0 Å². The molecule has 19 heavy (non-hydrogen) atoms. The monoisotopic (exact) mass is 375 g/mol. The third-order valence-electron chi connectivity index (χ3n) is 2.22. The fourth-order valence-electron chi connectivity index (χ4n) is 1.26. The molecule has 3 N–H and O–H groups in total. The van der Waals surface area contributed by atoms with E-state index in [0.717, 1.165) is 11.3 Å². The zero-order valence-electron chi connectivity index (χ0n) is 11.5. The van der Waals surface area contributed by atoms with Gasteiger partial charge in [-0.05, 0) is 26.0 Å². The zero-order valence-corrected chi connectivity index (χ0v) is 13.8. The van der Waals surface area contributed by atoms with Crippen LogP contribution in [0.4, 0.5) is 0 Å². The average molecular weight is 375 g/mol. The van der Waals surface area contributed by atoms with Gasteiger partial charge in [0, 0.05) is 0 Å². The molecule has 1 aromatic carbocycles. The highest BCUT2D eigenvalue weighted by atomic mass is 127. The number of hydrogen-bond donors (Lipinski definition) is 2. The van der Waals surface area contributed by atoms with Gasteiger partial charge in [-0.1, -0.05) is 29.8 Å². The van der Waals surface area contributed by atoms with E-state index in [1.165, 1.54) is 5.56 Å². The molecule has 0 fully saturated rings. The molecule has 0 atom stereocenters. The van der Waals surface area contributed by atoms with E-state index in [4.69, 9.17) is 10.5 Å². The van der Waals surface area contributed by atoms with Crippen LogP contribution >= 0.6 is 24.0 Å². The average Bonchev–Trinajstić information content (AvgIpc) is 2.34. The molecule has 0 aromatic heterocycles. The largest absolute Gasteiger partial charge is 0.492 e. The molecule has 0 amide bonds. The lowest BCUT2D eigenvalue weighted by Gasteiger charge is -2.08. The van der Waals surface area contributed by atoms with Gasteiger partial charge in [0.1, 0.15) is 12.4 Å². The Bertz CT molecular complexity index is 415. The lowest BCUT2D eigenvalue weighted by molar-refractivity contribution is 0.322. The number of halogens is 1. The van der Waals surface area contributed by atoms with Crippen LogP contribution in [0.5, 0.6) is 5.75 Å². The van der Waals surface area contributed by atoms with E-state index in [1.807, 2.05) is 38.1 Å². The standard InChI is InChI=1S/C14H21N3O.HI/c1-11(2)10-17-14(15)16-8-9-18-13-6-4-12(3)5-7-13;/h4-7H,1,8-10H2,2-3H3,(H3,15,16,17);1H. The Morgan fingerprint density at radius 1 is 1.37 bits per heavy atom. The number of hydrogen-bond acceptors (Lipinski definition) is 2. The molecule has 0 bridgehead atoms.